The third-order valence-corrected chi connectivity index (χ3v) is 4.64. The van der Waals surface area contributed by atoms with Crippen molar-refractivity contribution in [3.63, 3.8) is 0 Å². The maximum absolute atomic E-state index is 14.3. The van der Waals surface area contributed by atoms with Crippen molar-refractivity contribution >= 4 is 5.91 Å². The zero-order valence-electron chi connectivity index (χ0n) is 13.8. The number of halogens is 1. The summed E-state index contributed by atoms with van der Waals surface area (Å²) in [7, 11) is 1.91. The fraction of sp³-hybridized carbons (Fsp3) is 0.278. The van der Waals surface area contributed by atoms with Gasteiger partial charge in [-0.05, 0) is 43.5 Å². The number of amides is 1. The van der Waals surface area contributed by atoms with E-state index in [0.29, 0.717) is 11.3 Å². The van der Waals surface area contributed by atoms with Crippen LogP contribution in [-0.4, -0.2) is 25.5 Å². The van der Waals surface area contributed by atoms with E-state index in [0.717, 1.165) is 30.5 Å². The average Bonchev–Trinajstić information content (AvgIpc) is 3.26. The molecule has 6 nitrogen and oxygen atoms in total. The average molecular weight is 339 g/mol. The van der Waals surface area contributed by atoms with Crippen LogP contribution in [0.3, 0.4) is 0 Å². The highest BCUT2D eigenvalue weighted by Crippen LogP contribution is 2.29. The molecule has 0 saturated carbocycles. The lowest BCUT2D eigenvalue weighted by atomic mass is 9.92. The summed E-state index contributed by atoms with van der Waals surface area (Å²) < 4.78 is 17.6. The Hall–Kier alpha value is -2.96. The van der Waals surface area contributed by atoms with E-state index in [1.165, 1.54) is 10.7 Å². The Bertz CT molecular complexity index is 916. The van der Waals surface area contributed by atoms with Crippen LogP contribution >= 0.6 is 0 Å². The molecule has 128 valence electrons. The van der Waals surface area contributed by atoms with Crippen LogP contribution < -0.4 is 5.32 Å². The van der Waals surface area contributed by atoms with Gasteiger partial charge in [0.2, 0.25) is 0 Å². The van der Waals surface area contributed by atoms with Crippen molar-refractivity contribution in [3.8, 4) is 5.69 Å². The van der Waals surface area contributed by atoms with Gasteiger partial charge in [0.25, 0.3) is 5.91 Å². The number of benzene rings is 1. The van der Waals surface area contributed by atoms with Crippen molar-refractivity contribution in [2.45, 2.75) is 25.3 Å². The predicted octanol–water partition coefficient (Wildman–Crippen LogP) is 2.55. The van der Waals surface area contributed by atoms with Crippen LogP contribution in [0.15, 0.2) is 42.9 Å². The van der Waals surface area contributed by atoms with Gasteiger partial charge in [0.1, 0.15) is 11.5 Å². The minimum atomic E-state index is -0.484. The number of nitrogens with one attached hydrogen (secondary N) is 1. The van der Waals surface area contributed by atoms with E-state index in [-0.39, 0.29) is 11.9 Å². The van der Waals surface area contributed by atoms with Gasteiger partial charge in [-0.25, -0.2) is 9.07 Å². The number of hydrogen-bond acceptors (Lipinski definition) is 3. The summed E-state index contributed by atoms with van der Waals surface area (Å²) in [6, 6.07) is 6.06. The maximum Gasteiger partial charge on any atom is 0.251 e. The number of nitrogens with zero attached hydrogens (tertiary/aromatic N) is 4. The Morgan fingerprint density at radius 2 is 2.24 bits per heavy atom. The summed E-state index contributed by atoms with van der Waals surface area (Å²) in [4.78, 5) is 12.6. The van der Waals surface area contributed by atoms with Crippen molar-refractivity contribution in [1.29, 1.82) is 0 Å². The summed E-state index contributed by atoms with van der Waals surface area (Å²) in [6.07, 6.45) is 7.85. The highest BCUT2D eigenvalue weighted by Gasteiger charge is 2.25. The highest BCUT2D eigenvalue weighted by atomic mass is 19.1. The SMILES string of the molecule is Cn1ncc2c1CCC[C@H]2NC(=O)c1ccc(-n2cccn2)c(F)c1. The van der Waals surface area contributed by atoms with Gasteiger partial charge < -0.3 is 5.32 Å². The monoisotopic (exact) mass is 339 g/mol. The normalized spacial score (nSPS) is 16.5. The topological polar surface area (TPSA) is 64.7 Å². The zero-order chi connectivity index (χ0) is 17.4. The molecule has 1 aliphatic rings. The fourth-order valence-electron chi connectivity index (χ4n) is 3.34. The van der Waals surface area contributed by atoms with Gasteiger partial charge in [-0.3, -0.25) is 9.48 Å². The van der Waals surface area contributed by atoms with E-state index in [4.69, 9.17) is 0 Å². The molecule has 0 radical (unpaired) electrons. The van der Waals surface area contributed by atoms with Crippen LogP contribution in [-0.2, 0) is 13.5 Å². The third kappa shape index (κ3) is 2.82. The van der Waals surface area contributed by atoms with Gasteiger partial charge in [0.15, 0.2) is 0 Å². The minimum absolute atomic E-state index is 0.0844. The second kappa shape index (κ2) is 6.16. The Kier molecular flexibility index (Phi) is 3.83. The van der Waals surface area contributed by atoms with Gasteiger partial charge in [0.05, 0.1) is 12.2 Å². The molecule has 3 aromatic rings. The molecule has 2 heterocycles. The summed E-state index contributed by atoms with van der Waals surface area (Å²) in [5.41, 5.74) is 2.81. The van der Waals surface area contributed by atoms with E-state index in [1.807, 2.05) is 11.7 Å². The molecule has 1 amide bonds. The molecular formula is C18H18FN5O. The van der Waals surface area contributed by atoms with Gasteiger partial charge in [-0.1, -0.05) is 0 Å². The number of carbonyl (C=O) groups excluding carboxylic acids is 1. The molecule has 0 spiro atoms. The number of hydrogen-bond donors (Lipinski definition) is 1. The molecule has 2 aromatic heterocycles. The molecule has 1 aromatic carbocycles. The third-order valence-electron chi connectivity index (χ3n) is 4.64. The van der Waals surface area contributed by atoms with Crippen molar-refractivity contribution in [3.05, 3.63) is 65.5 Å². The molecule has 4 rings (SSSR count). The van der Waals surface area contributed by atoms with E-state index in [9.17, 15) is 9.18 Å². The number of aromatic nitrogens is 4. The second-order valence-electron chi connectivity index (χ2n) is 6.21. The first-order valence-electron chi connectivity index (χ1n) is 8.24. The van der Waals surface area contributed by atoms with E-state index in [1.54, 1.807) is 36.8 Å². The van der Waals surface area contributed by atoms with E-state index in [2.05, 4.69) is 15.5 Å². The predicted molar refractivity (Wildman–Crippen MR) is 89.9 cm³/mol. The van der Waals surface area contributed by atoms with Gasteiger partial charge in [-0.2, -0.15) is 10.2 Å². The largest absolute Gasteiger partial charge is 0.345 e. The molecule has 25 heavy (non-hydrogen) atoms. The Labute approximate surface area is 144 Å². The molecule has 0 fully saturated rings. The Balaban J connectivity index is 1.55. The fourth-order valence-corrected chi connectivity index (χ4v) is 3.34. The van der Waals surface area contributed by atoms with Crippen LogP contribution in [0.4, 0.5) is 4.39 Å². The highest BCUT2D eigenvalue weighted by molar-refractivity contribution is 5.94. The van der Waals surface area contributed by atoms with Crippen molar-refractivity contribution in [1.82, 2.24) is 24.9 Å². The first-order valence-corrected chi connectivity index (χ1v) is 8.24. The van der Waals surface area contributed by atoms with Crippen LogP contribution in [0.25, 0.3) is 5.69 Å². The van der Waals surface area contributed by atoms with Gasteiger partial charge in [-0.15, -0.1) is 0 Å². The summed E-state index contributed by atoms with van der Waals surface area (Å²) in [5, 5.41) is 11.3. The van der Waals surface area contributed by atoms with Crippen LogP contribution in [0.5, 0.6) is 0 Å². The maximum atomic E-state index is 14.3. The number of aryl methyl sites for hydroxylation is 1. The van der Waals surface area contributed by atoms with Crippen LogP contribution in [0.2, 0.25) is 0 Å². The number of carbonyl (C=O) groups is 1. The summed E-state index contributed by atoms with van der Waals surface area (Å²) in [6.45, 7) is 0. The molecule has 7 heteroatoms. The Morgan fingerprint density at radius 3 is 3.00 bits per heavy atom. The van der Waals surface area contributed by atoms with Gasteiger partial charge >= 0.3 is 0 Å². The summed E-state index contributed by atoms with van der Waals surface area (Å²) in [5.74, 6) is -0.769. The molecular weight excluding hydrogens is 321 g/mol. The zero-order valence-corrected chi connectivity index (χ0v) is 13.8. The second-order valence-corrected chi connectivity index (χ2v) is 6.21. The molecule has 1 N–H and O–H groups in total. The molecule has 0 aliphatic heterocycles. The lowest BCUT2D eigenvalue weighted by molar-refractivity contribution is 0.0932. The lowest BCUT2D eigenvalue weighted by Crippen LogP contribution is -2.31. The smallest absolute Gasteiger partial charge is 0.251 e. The van der Waals surface area contributed by atoms with E-state index < -0.39 is 5.82 Å². The minimum Gasteiger partial charge on any atom is -0.345 e. The van der Waals surface area contributed by atoms with Gasteiger partial charge in [0, 0.05) is 36.3 Å². The van der Waals surface area contributed by atoms with E-state index >= 15 is 0 Å². The first kappa shape index (κ1) is 15.6. The lowest BCUT2D eigenvalue weighted by Gasteiger charge is -2.24. The molecule has 1 aliphatic carbocycles. The molecule has 0 saturated heterocycles. The number of fused-ring (bicyclic) bond motifs is 1. The quantitative estimate of drug-likeness (QED) is 0.797. The molecule has 1 atom stereocenters. The van der Waals surface area contributed by atoms with Crippen molar-refractivity contribution < 1.29 is 9.18 Å². The summed E-state index contributed by atoms with van der Waals surface area (Å²) >= 11 is 0. The Morgan fingerprint density at radius 1 is 1.36 bits per heavy atom. The first-order chi connectivity index (χ1) is 12.1. The number of rotatable bonds is 3. The molecule has 0 bridgehead atoms. The van der Waals surface area contributed by atoms with Crippen molar-refractivity contribution in [2.75, 3.05) is 0 Å². The standard InChI is InChI=1S/C18H18FN5O/c1-23-16-5-2-4-15(13(16)11-21-23)22-18(25)12-6-7-17(14(19)10-12)24-9-3-8-20-24/h3,6-11,15H,2,4-5H2,1H3,(H,22,25)/t15-/m1/s1. The van der Waals surface area contributed by atoms with Crippen molar-refractivity contribution in [2.24, 2.45) is 7.05 Å². The van der Waals surface area contributed by atoms with Crippen LogP contribution in [0.1, 0.15) is 40.5 Å². The molecule has 0 unspecified atom stereocenters. The van der Waals surface area contributed by atoms with Crippen LogP contribution in [0, 0.1) is 5.82 Å².